The standard InChI is InChI=1S/C24H27N3O/c1-24(11-13-27(24)20-14-17-6-2-3-7-18(17)15-20)23(28)25-12-10-19-16-26-22-9-5-4-8-21(19)22/h2-9,16,20,26H,10-15H2,1H3,(H,25,28). The van der Waals surface area contributed by atoms with E-state index in [1.807, 2.05) is 6.07 Å². The number of H-pyrrole nitrogens is 1. The number of likely N-dealkylation sites (tertiary alicyclic amines) is 1. The number of carbonyl (C=O) groups excluding carboxylic acids is 1. The highest BCUT2D eigenvalue weighted by Crippen LogP contribution is 2.37. The van der Waals surface area contributed by atoms with Crippen LogP contribution in [0.3, 0.4) is 0 Å². The Hall–Kier alpha value is -2.59. The number of fused-ring (bicyclic) bond motifs is 2. The third-order valence-electron chi connectivity index (χ3n) is 6.79. The summed E-state index contributed by atoms with van der Waals surface area (Å²) in [5, 5.41) is 4.46. The quantitative estimate of drug-likeness (QED) is 0.720. The van der Waals surface area contributed by atoms with E-state index in [1.165, 1.54) is 22.1 Å². The first-order valence-electron chi connectivity index (χ1n) is 10.3. The molecule has 2 aromatic carbocycles. The topological polar surface area (TPSA) is 48.1 Å². The van der Waals surface area contributed by atoms with E-state index in [4.69, 9.17) is 0 Å². The van der Waals surface area contributed by atoms with Crippen LogP contribution in [0.4, 0.5) is 0 Å². The maximum Gasteiger partial charge on any atom is 0.240 e. The highest BCUT2D eigenvalue weighted by atomic mass is 16.2. The average Bonchev–Trinajstić information content (AvgIpc) is 3.30. The van der Waals surface area contributed by atoms with Crippen LogP contribution in [0.2, 0.25) is 0 Å². The molecule has 3 aromatic rings. The van der Waals surface area contributed by atoms with E-state index in [0.29, 0.717) is 12.6 Å². The fraction of sp³-hybridized carbons (Fsp3) is 0.375. The number of hydrogen-bond donors (Lipinski definition) is 2. The summed E-state index contributed by atoms with van der Waals surface area (Å²) in [6.07, 6.45) is 5.98. The van der Waals surface area contributed by atoms with Crippen LogP contribution in [0.5, 0.6) is 0 Å². The molecule has 0 spiro atoms. The summed E-state index contributed by atoms with van der Waals surface area (Å²) < 4.78 is 0. The van der Waals surface area contributed by atoms with Crippen molar-refractivity contribution >= 4 is 16.8 Å². The summed E-state index contributed by atoms with van der Waals surface area (Å²) in [4.78, 5) is 18.8. The lowest BCUT2D eigenvalue weighted by molar-refractivity contribution is -0.144. The van der Waals surface area contributed by atoms with Crippen molar-refractivity contribution in [2.24, 2.45) is 0 Å². The molecule has 1 atom stereocenters. The van der Waals surface area contributed by atoms with Gasteiger partial charge in [0.1, 0.15) is 0 Å². The van der Waals surface area contributed by atoms with Crippen LogP contribution < -0.4 is 5.32 Å². The first-order valence-corrected chi connectivity index (χ1v) is 10.3. The number of hydrogen-bond acceptors (Lipinski definition) is 2. The third kappa shape index (κ3) is 2.83. The maximum absolute atomic E-state index is 13.0. The molecule has 0 radical (unpaired) electrons. The van der Waals surface area contributed by atoms with Gasteiger partial charge in [-0.05, 0) is 55.4 Å². The largest absolute Gasteiger partial charge is 0.361 e. The van der Waals surface area contributed by atoms with Crippen molar-refractivity contribution in [3.05, 3.63) is 71.4 Å². The Labute approximate surface area is 165 Å². The first-order chi connectivity index (χ1) is 13.6. The SMILES string of the molecule is CC1(C(=O)NCCc2c[nH]c3ccccc23)CCN1C1Cc2ccccc2C1. The van der Waals surface area contributed by atoms with Gasteiger partial charge >= 0.3 is 0 Å². The molecule has 1 amide bonds. The second-order valence-corrected chi connectivity index (χ2v) is 8.41. The number of rotatable bonds is 5. The molecule has 1 fully saturated rings. The second kappa shape index (κ2) is 6.78. The maximum atomic E-state index is 13.0. The Morgan fingerprint density at radius 3 is 2.57 bits per heavy atom. The molecule has 28 heavy (non-hydrogen) atoms. The molecule has 4 heteroatoms. The molecule has 1 aromatic heterocycles. The van der Waals surface area contributed by atoms with Crippen molar-refractivity contribution in [3.8, 4) is 0 Å². The van der Waals surface area contributed by atoms with Crippen LogP contribution in [-0.4, -0.2) is 40.5 Å². The molecule has 144 valence electrons. The van der Waals surface area contributed by atoms with Gasteiger partial charge in [-0.2, -0.15) is 0 Å². The monoisotopic (exact) mass is 373 g/mol. The highest BCUT2D eigenvalue weighted by Gasteiger charge is 2.50. The summed E-state index contributed by atoms with van der Waals surface area (Å²) in [6.45, 7) is 3.81. The number of benzene rings is 2. The zero-order chi connectivity index (χ0) is 19.1. The lowest BCUT2D eigenvalue weighted by Crippen LogP contribution is -2.68. The van der Waals surface area contributed by atoms with Gasteiger partial charge in [-0.3, -0.25) is 9.69 Å². The summed E-state index contributed by atoms with van der Waals surface area (Å²) in [5.41, 5.74) is 4.94. The molecule has 5 rings (SSSR count). The van der Waals surface area contributed by atoms with E-state index in [2.05, 4.69) is 70.8 Å². The summed E-state index contributed by atoms with van der Waals surface area (Å²) >= 11 is 0. The summed E-state index contributed by atoms with van der Waals surface area (Å²) in [7, 11) is 0. The first kappa shape index (κ1) is 17.5. The van der Waals surface area contributed by atoms with Gasteiger partial charge in [-0.15, -0.1) is 0 Å². The van der Waals surface area contributed by atoms with Crippen molar-refractivity contribution in [2.45, 2.75) is 44.2 Å². The van der Waals surface area contributed by atoms with Crippen molar-refractivity contribution in [1.29, 1.82) is 0 Å². The minimum absolute atomic E-state index is 0.176. The van der Waals surface area contributed by atoms with Crippen molar-refractivity contribution in [1.82, 2.24) is 15.2 Å². The van der Waals surface area contributed by atoms with Crippen LogP contribution in [0.25, 0.3) is 10.9 Å². The van der Waals surface area contributed by atoms with Gasteiger partial charge in [0.25, 0.3) is 0 Å². The Bertz CT molecular complexity index is 998. The number of para-hydroxylation sites is 1. The molecular weight excluding hydrogens is 346 g/mol. The van der Waals surface area contributed by atoms with Crippen LogP contribution in [0.15, 0.2) is 54.7 Å². The van der Waals surface area contributed by atoms with E-state index in [-0.39, 0.29) is 11.4 Å². The van der Waals surface area contributed by atoms with Crippen molar-refractivity contribution in [2.75, 3.05) is 13.1 Å². The van der Waals surface area contributed by atoms with Crippen molar-refractivity contribution in [3.63, 3.8) is 0 Å². The zero-order valence-corrected chi connectivity index (χ0v) is 16.4. The smallest absolute Gasteiger partial charge is 0.240 e. The second-order valence-electron chi connectivity index (χ2n) is 8.41. The minimum Gasteiger partial charge on any atom is -0.361 e. The highest BCUT2D eigenvalue weighted by molar-refractivity contribution is 5.87. The van der Waals surface area contributed by atoms with Gasteiger partial charge < -0.3 is 10.3 Å². The molecule has 1 aliphatic carbocycles. The summed E-state index contributed by atoms with van der Waals surface area (Å²) in [6, 6.07) is 17.5. The Balaban J connectivity index is 1.20. The average molecular weight is 374 g/mol. The number of aromatic nitrogens is 1. The Morgan fingerprint density at radius 1 is 1.14 bits per heavy atom. The molecule has 2 aliphatic rings. The van der Waals surface area contributed by atoms with Crippen LogP contribution in [0.1, 0.15) is 30.0 Å². The number of nitrogens with one attached hydrogen (secondary N) is 2. The van der Waals surface area contributed by atoms with E-state index < -0.39 is 0 Å². The zero-order valence-electron chi connectivity index (χ0n) is 16.4. The van der Waals surface area contributed by atoms with Crippen molar-refractivity contribution < 1.29 is 4.79 Å². The molecule has 1 unspecified atom stereocenters. The molecule has 1 saturated heterocycles. The molecule has 4 nitrogen and oxygen atoms in total. The molecule has 0 saturated carbocycles. The van der Waals surface area contributed by atoms with Crippen LogP contribution in [0, 0.1) is 0 Å². The molecule has 1 aliphatic heterocycles. The molecular formula is C24H27N3O. The van der Waals surface area contributed by atoms with E-state index >= 15 is 0 Å². The predicted molar refractivity (Wildman–Crippen MR) is 112 cm³/mol. The fourth-order valence-corrected chi connectivity index (χ4v) is 5.00. The number of nitrogens with zero attached hydrogens (tertiary/aromatic N) is 1. The summed E-state index contributed by atoms with van der Waals surface area (Å²) in [5.74, 6) is 0.176. The van der Waals surface area contributed by atoms with Gasteiger partial charge in [0, 0.05) is 36.2 Å². The Morgan fingerprint density at radius 2 is 1.86 bits per heavy atom. The number of aromatic amines is 1. The lowest BCUT2D eigenvalue weighted by Gasteiger charge is -2.52. The van der Waals surface area contributed by atoms with E-state index in [0.717, 1.165) is 37.7 Å². The Kier molecular flexibility index (Phi) is 4.24. The molecule has 0 bridgehead atoms. The van der Waals surface area contributed by atoms with Gasteiger partial charge in [0.05, 0.1) is 5.54 Å². The van der Waals surface area contributed by atoms with Gasteiger partial charge in [-0.25, -0.2) is 0 Å². The van der Waals surface area contributed by atoms with E-state index in [1.54, 1.807) is 0 Å². The normalized spacial score (nSPS) is 22.2. The van der Waals surface area contributed by atoms with Gasteiger partial charge in [0.15, 0.2) is 0 Å². The number of carbonyl (C=O) groups is 1. The predicted octanol–water partition coefficient (Wildman–Crippen LogP) is 3.46. The number of amides is 1. The van der Waals surface area contributed by atoms with Crippen LogP contribution >= 0.6 is 0 Å². The lowest BCUT2D eigenvalue weighted by atomic mass is 9.83. The van der Waals surface area contributed by atoms with E-state index in [9.17, 15) is 4.79 Å². The third-order valence-corrected chi connectivity index (χ3v) is 6.79. The molecule has 2 N–H and O–H groups in total. The molecule has 2 heterocycles. The van der Waals surface area contributed by atoms with Crippen LogP contribution in [-0.2, 0) is 24.1 Å². The minimum atomic E-state index is -0.368. The van der Waals surface area contributed by atoms with Gasteiger partial charge in [0.2, 0.25) is 5.91 Å². The van der Waals surface area contributed by atoms with Gasteiger partial charge in [-0.1, -0.05) is 42.5 Å². The fourth-order valence-electron chi connectivity index (χ4n) is 5.00.